The molecule has 9 nitrogen and oxygen atoms in total. The number of carbonyl (C=O) groups excluding carboxylic acids is 3. The topological polar surface area (TPSA) is 116 Å². The van der Waals surface area contributed by atoms with Crippen LogP contribution in [0.5, 0.6) is 0 Å². The molecular weight excluding hydrogens is 498 g/mol. The zero-order valence-corrected chi connectivity index (χ0v) is 21.3. The van der Waals surface area contributed by atoms with Gasteiger partial charge in [0.1, 0.15) is 12.6 Å². The molecule has 0 spiro atoms. The molecule has 0 aliphatic carbocycles. The lowest BCUT2D eigenvalue weighted by Gasteiger charge is -2.48. The van der Waals surface area contributed by atoms with Crippen LogP contribution in [0, 0.1) is 0 Å². The summed E-state index contributed by atoms with van der Waals surface area (Å²) in [6.07, 6.45) is 3.02. The first-order chi connectivity index (χ1) is 18.9. The third kappa shape index (κ3) is 5.34. The molecule has 1 fully saturated rings. The predicted octanol–water partition coefficient (Wildman–Crippen LogP) is 3.59. The van der Waals surface area contributed by atoms with Crippen LogP contribution >= 0.6 is 0 Å². The molecule has 2 atom stereocenters. The first-order valence-corrected chi connectivity index (χ1v) is 12.8. The number of fused-ring (bicyclic) bond motifs is 2. The number of nitrogens with one attached hydrogen (secondary N) is 1. The fourth-order valence-electron chi connectivity index (χ4n) is 5.14. The maximum atomic E-state index is 13.7. The summed E-state index contributed by atoms with van der Waals surface area (Å²) in [6.45, 7) is -0.0513. The summed E-state index contributed by atoms with van der Waals surface area (Å²) >= 11 is 0. The molecule has 0 bridgehead atoms. The Morgan fingerprint density at radius 3 is 2.46 bits per heavy atom. The molecule has 3 amide bonds. The highest BCUT2D eigenvalue weighted by atomic mass is 16.6. The van der Waals surface area contributed by atoms with Gasteiger partial charge in [0.05, 0.1) is 6.54 Å². The van der Waals surface area contributed by atoms with Crippen LogP contribution in [-0.2, 0) is 20.9 Å². The summed E-state index contributed by atoms with van der Waals surface area (Å²) in [5.74, 6) is -2.13. The van der Waals surface area contributed by atoms with Gasteiger partial charge in [-0.25, -0.2) is 9.59 Å². The molecule has 2 aliphatic heterocycles. The Labute approximate surface area is 225 Å². The van der Waals surface area contributed by atoms with E-state index >= 15 is 0 Å². The van der Waals surface area contributed by atoms with Crippen molar-refractivity contribution < 1.29 is 29.0 Å². The molecule has 1 saturated heterocycles. The van der Waals surface area contributed by atoms with Gasteiger partial charge in [0.15, 0.2) is 5.54 Å². The minimum Gasteiger partial charge on any atom is -0.479 e. The summed E-state index contributed by atoms with van der Waals surface area (Å²) < 4.78 is 5.42. The molecule has 0 saturated carbocycles. The standard InChI is InChI=1S/C30H29N3O6/c34-26(24-14-13-22-10-4-5-11-23(22)18-24)31-25-12-6-7-15-30(28(36)37)20-32(16-17-33(30)27(25)35)29(38)39-19-21-8-2-1-3-9-21/h1-11,13-14,18,25H,12,15-17,19-20H2,(H,31,34)(H,36,37)/b7-6-/t25-,30-/m0/s1. The van der Waals surface area contributed by atoms with E-state index in [4.69, 9.17) is 4.74 Å². The van der Waals surface area contributed by atoms with E-state index in [2.05, 4.69) is 5.32 Å². The first kappa shape index (κ1) is 26.0. The van der Waals surface area contributed by atoms with Gasteiger partial charge < -0.3 is 25.0 Å². The quantitative estimate of drug-likeness (QED) is 0.490. The van der Waals surface area contributed by atoms with Crippen LogP contribution in [0.15, 0.2) is 84.9 Å². The fraction of sp³-hybridized carbons (Fsp3) is 0.267. The Bertz CT molecular complexity index is 1440. The molecule has 3 aromatic rings. The predicted molar refractivity (Wildman–Crippen MR) is 144 cm³/mol. The highest BCUT2D eigenvalue weighted by Crippen LogP contribution is 2.30. The molecule has 3 aromatic carbocycles. The van der Waals surface area contributed by atoms with Crippen LogP contribution in [0.2, 0.25) is 0 Å². The van der Waals surface area contributed by atoms with Crippen LogP contribution in [0.3, 0.4) is 0 Å². The second-order valence-corrected chi connectivity index (χ2v) is 9.79. The summed E-state index contributed by atoms with van der Waals surface area (Å²) in [7, 11) is 0. The van der Waals surface area contributed by atoms with Gasteiger partial charge in [0, 0.05) is 25.1 Å². The Morgan fingerprint density at radius 1 is 0.949 bits per heavy atom. The van der Waals surface area contributed by atoms with Crippen molar-refractivity contribution in [1.29, 1.82) is 0 Å². The van der Waals surface area contributed by atoms with Crippen molar-refractivity contribution in [2.75, 3.05) is 19.6 Å². The number of nitrogens with zero attached hydrogens (tertiary/aromatic N) is 2. The molecule has 2 aliphatic rings. The Morgan fingerprint density at radius 2 is 1.69 bits per heavy atom. The number of benzene rings is 3. The highest BCUT2D eigenvalue weighted by Gasteiger charge is 2.52. The molecule has 0 unspecified atom stereocenters. The number of carboxylic acids is 1. The van der Waals surface area contributed by atoms with Gasteiger partial charge in [0.25, 0.3) is 5.91 Å². The number of rotatable bonds is 5. The van der Waals surface area contributed by atoms with Gasteiger partial charge in [-0.05, 0) is 34.9 Å². The lowest BCUT2D eigenvalue weighted by atomic mass is 9.87. The molecule has 9 heteroatoms. The van der Waals surface area contributed by atoms with Gasteiger partial charge >= 0.3 is 12.1 Å². The summed E-state index contributed by atoms with van der Waals surface area (Å²) in [5.41, 5.74) is -0.459. The van der Waals surface area contributed by atoms with Crippen molar-refractivity contribution in [1.82, 2.24) is 15.1 Å². The smallest absolute Gasteiger partial charge is 0.410 e. The third-order valence-electron chi connectivity index (χ3n) is 7.30. The van der Waals surface area contributed by atoms with Crippen LogP contribution in [-0.4, -0.2) is 70.0 Å². The van der Waals surface area contributed by atoms with Gasteiger partial charge in [-0.1, -0.05) is 72.8 Å². The number of aliphatic carboxylic acids is 1. The molecular formula is C30H29N3O6. The van der Waals surface area contributed by atoms with Gasteiger partial charge in [0.2, 0.25) is 5.91 Å². The van der Waals surface area contributed by atoms with E-state index in [0.29, 0.717) is 5.56 Å². The minimum absolute atomic E-state index is 0.00174. The van der Waals surface area contributed by atoms with E-state index in [0.717, 1.165) is 16.3 Å². The monoisotopic (exact) mass is 527 g/mol. The fourth-order valence-corrected chi connectivity index (χ4v) is 5.14. The minimum atomic E-state index is -1.68. The molecule has 0 radical (unpaired) electrons. The molecule has 39 heavy (non-hydrogen) atoms. The Kier molecular flexibility index (Phi) is 7.31. The van der Waals surface area contributed by atoms with Crippen molar-refractivity contribution >= 4 is 34.6 Å². The van der Waals surface area contributed by atoms with Gasteiger partial charge in [-0.3, -0.25) is 9.59 Å². The van der Waals surface area contributed by atoms with Crippen molar-refractivity contribution in [3.8, 4) is 0 Å². The summed E-state index contributed by atoms with van der Waals surface area (Å²) in [5, 5.41) is 15.0. The van der Waals surface area contributed by atoms with Crippen LogP contribution < -0.4 is 5.32 Å². The van der Waals surface area contributed by atoms with Gasteiger partial charge in [-0.2, -0.15) is 0 Å². The number of amides is 3. The summed E-state index contributed by atoms with van der Waals surface area (Å²) in [4.78, 5) is 54.9. The average Bonchev–Trinajstić information content (AvgIpc) is 2.96. The lowest BCUT2D eigenvalue weighted by molar-refractivity contribution is -0.165. The number of piperazine rings is 1. The van der Waals surface area contributed by atoms with Crippen molar-refractivity contribution in [3.05, 3.63) is 96.1 Å². The number of hydrogen-bond donors (Lipinski definition) is 2. The molecule has 0 aromatic heterocycles. The lowest BCUT2D eigenvalue weighted by Crippen LogP contribution is -2.70. The number of carboxylic acid groups (broad SMARTS) is 1. The first-order valence-electron chi connectivity index (χ1n) is 12.8. The summed E-state index contributed by atoms with van der Waals surface area (Å²) in [6, 6.07) is 21.2. The SMILES string of the molecule is O=C(N[C@H]1C/C=C\C[C@@]2(C(=O)O)CN(C(=O)OCc3ccccc3)CCN2C1=O)c1ccc2ccccc2c1. The van der Waals surface area contributed by atoms with Gasteiger partial charge in [-0.15, -0.1) is 0 Å². The second-order valence-electron chi connectivity index (χ2n) is 9.79. The van der Waals surface area contributed by atoms with E-state index in [1.807, 2.05) is 60.7 Å². The zero-order chi connectivity index (χ0) is 27.4. The van der Waals surface area contributed by atoms with E-state index in [-0.39, 0.29) is 39.1 Å². The van der Waals surface area contributed by atoms with Crippen LogP contribution in [0.4, 0.5) is 4.79 Å². The molecule has 2 N–H and O–H groups in total. The van der Waals surface area contributed by atoms with Crippen molar-refractivity contribution in [3.63, 3.8) is 0 Å². The number of ether oxygens (including phenoxy) is 1. The maximum absolute atomic E-state index is 13.7. The van der Waals surface area contributed by atoms with E-state index in [1.165, 1.54) is 9.80 Å². The average molecular weight is 528 g/mol. The van der Waals surface area contributed by atoms with Crippen molar-refractivity contribution in [2.45, 2.75) is 31.0 Å². The molecule has 5 rings (SSSR count). The third-order valence-corrected chi connectivity index (χ3v) is 7.30. The maximum Gasteiger partial charge on any atom is 0.410 e. The van der Waals surface area contributed by atoms with Crippen molar-refractivity contribution in [2.24, 2.45) is 0 Å². The normalized spacial score (nSPS) is 21.8. The van der Waals surface area contributed by atoms with E-state index < -0.39 is 35.5 Å². The number of carbonyl (C=O) groups is 4. The van der Waals surface area contributed by atoms with E-state index in [9.17, 15) is 24.3 Å². The van der Waals surface area contributed by atoms with Crippen LogP contribution in [0.25, 0.3) is 10.8 Å². The zero-order valence-electron chi connectivity index (χ0n) is 21.3. The largest absolute Gasteiger partial charge is 0.479 e. The number of hydrogen-bond acceptors (Lipinski definition) is 5. The molecule has 2 heterocycles. The Hall–Kier alpha value is -4.66. The van der Waals surface area contributed by atoms with Crippen LogP contribution in [0.1, 0.15) is 28.8 Å². The van der Waals surface area contributed by atoms with E-state index in [1.54, 1.807) is 24.3 Å². The Balaban J connectivity index is 1.32. The highest BCUT2D eigenvalue weighted by molar-refractivity contribution is 6.01. The molecule has 200 valence electrons. The second kappa shape index (κ2) is 11.0.